The number of alkyl halides is 1. The first-order valence-corrected chi connectivity index (χ1v) is 6.99. The first-order valence-electron chi connectivity index (χ1n) is 6.62. The number of aromatic nitrogens is 2. The van der Waals surface area contributed by atoms with Gasteiger partial charge in [-0.2, -0.15) is 0 Å². The van der Waals surface area contributed by atoms with Crippen molar-refractivity contribution in [2.24, 2.45) is 0 Å². The Balaban J connectivity index is 1.60. The highest BCUT2D eigenvalue weighted by molar-refractivity contribution is 6.34. The number of hydrogen-bond donors (Lipinski definition) is 0. The number of pyridine rings is 2. The van der Waals surface area contributed by atoms with Gasteiger partial charge < -0.3 is 4.74 Å². The lowest BCUT2D eigenvalue weighted by molar-refractivity contribution is 0.224. The summed E-state index contributed by atoms with van der Waals surface area (Å²) in [6.07, 6.45) is 3.21. The fourth-order valence-corrected chi connectivity index (χ4v) is 2.54. The second-order valence-electron chi connectivity index (χ2n) is 4.87. The van der Waals surface area contributed by atoms with Crippen LogP contribution in [0, 0.1) is 0 Å². The van der Waals surface area contributed by atoms with Gasteiger partial charge in [-0.15, -0.1) is 0 Å². The number of fused-ring (bicyclic) bond motifs is 1. The van der Waals surface area contributed by atoms with Crippen molar-refractivity contribution in [3.63, 3.8) is 0 Å². The van der Waals surface area contributed by atoms with E-state index in [-0.39, 0.29) is 0 Å². The van der Waals surface area contributed by atoms with Gasteiger partial charge in [0, 0.05) is 31.9 Å². The predicted octanol–water partition coefficient (Wildman–Crippen LogP) is 2.71. The van der Waals surface area contributed by atoms with Crippen LogP contribution >= 0.6 is 11.6 Å². The molecule has 6 heteroatoms. The Morgan fingerprint density at radius 1 is 1.45 bits per heavy atom. The SMILES string of the molecule is F[C@@H]1CCN(CCOc2cnc3c(Cl)ccnc3c2)C1. The standard InChI is InChI=1S/C14H15ClFN3O/c15-12-1-3-17-13-7-11(8-18-14(12)13)20-6-5-19-4-2-10(16)9-19/h1,3,7-8,10H,2,4-6,9H2/t10-/m1/s1. The molecule has 0 saturated carbocycles. The zero-order chi connectivity index (χ0) is 13.9. The van der Waals surface area contributed by atoms with E-state index >= 15 is 0 Å². The Labute approximate surface area is 121 Å². The largest absolute Gasteiger partial charge is 0.491 e. The summed E-state index contributed by atoms with van der Waals surface area (Å²) in [7, 11) is 0. The third-order valence-electron chi connectivity index (χ3n) is 3.39. The smallest absolute Gasteiger partial charge is 0.139 e. The normalized spacial score (nSPS) is 19.6. The van der Waals surface area contributed by atoms with E-state index < -0.39 is 6.17 Å². The van der Waals surface area contributed by atoms with E-state index in [9.17, 15) is 4.39 Å². The topological polar surface area (TPSA) is 38.2 Å². The van der Waals surface area contributed by atoms with Crippen molar-refractivity contribution in [3.05, 3.63) is 29.5 Å². The molecule has 3 heterocycles. The number of nitrogens with zero attached hydrogens (tertiary/aromatic N) is 3. The van der Waals surface area contributed by atoms with Crippen molar-refractivity contribution in [1.29, 1.82) is 0 Å². The van der Waals surface area contributed by atoms with Gasteiger partial charge in [-0.25, -0.2) is 9.37 Å². The van der Waals surface area contributed by atoms with Crippen molar-refractivity contribution in [2.45, 2.75) is 12.6 Å². The molecule has 0 radical (unpaired) electrons. The Morgan fingerprint density at radius 2 is 2.35 bits per heavy atom. The van der Waals surface area contributed by atoms with E-state index in [0.717, 1.165) is 13.1 Å². The summed E-state index contributed by atoms with van der Waals surface area (Å²) in [6.45, 7) is 2.55. The Morgan fingerprint density at radius 3 is 3.15 bits per heavy atom. The van der Waals surface area contributed by atoms with Crippen LogP contribution in [0.15, 0.2) is 24.5 Å². The summed E-state index contributed by atoms with van der Waals surface area (Å²) in [5, 5.41) is 0.576. The molecule has 1 saturated heterocycles. The number of halogens is 2. The third-order valence-corrected chi connectivity index (χ3v) is 3.70. The average molecular weight is 296 g/mol. The van der Waals surface area contributed by atoms with Gasteiger partial charge in [-0.05, 0) is 12.5 Å². The molecule has 2 aromatic heterocycles. The molecule has 0 amide bonds. The number of likely N-dealkylation sites (tertiary alicyclic amines) is 1. The number of ether oxygens (including phenoxy) is 1. The summed E-state index contributed by atoms with van der Waals surface area (Å²) < 4.78 is 18.7. The molecule has 1 atom stereocenters. The molecule has 1 fully saturated rings. The van der Waals surface area contributed by atoms with Crippen LogP contribution in [-0.4, -0.2) is 47.3 Å². The van der Waals surface area contributed by atoms with E-state index in [0.29, 0.717) is 41.4 Å². The molecule has 0 spiro atoms. The maximum absolute atomic E-state index is 13.0. The molecule has 0 aromatic carbocycles. The van der Waals surface area contributed by atoms with Crippen LogP contribution in [0.4, 0.5) is 4.39 Å². The summed E-state index contributed by atoms with van der Waals surface area (Å²) in [4.78, 5) is 10.5. The van der Waals surface area contributed by atoms with E-state index in [1.165, 1.54) is 0 Å². The van der Waals surface area contributed by atoms with Gasteiger partial charge in [-0.1, -0.05) is 11.6 Å². The molecule has 1 aliphatic heterocycles. The summed E-state index contributed by atoms with van der Waals surface area (Å²) >= 11 is 6.03. The number of hydrogen-bond acceptors (Lipinski definition) is 4. The maximum Gasteiger partial charge on any atom is 0.139 e. The fourth-order valence-electron chi connectivity index (χ4n) is 2.34. The van der Waals surface area contributed by atoms with Crippen LogP contribution in [0.3, 0.4) is 0 Å². The molecule has 3 rings (SSSR count). The van der Waals surface area contributed by atoms with E-state index in [1.54, 1.807) is 18.5 Å². The molecular formula is C14H15ClFN3O. The predicted molar refractivity (Wildman–Crippen MR) is 76.0 cm³/mol. The third kappa shape index (κ3) is 2.99. The lowest BCUT2D eigenvalue weighted by Gasteiger charge is -2.14. The van der Waals surface area contributed by atoms with Crippen LogP contribution in [0.5, 0.6) is 5.75 Å². The molecule has 2 aromatic rings. The molecule has 4 nitrogen and oxygen atoms in total. The zero-order valence-electron chi connectivity index (χ0n) is 10.9. The molecule has 0 N–H and O–H groups in total. The lowest BCUT2D eigenvalue weighted by atomic mass is 10.3. The van der Waals surface area contributed by atoms with Crippen LogP contribution in [0.25, 0.3) is 11.0 Å². The van der Waals surface area contributed by atoms with E-state index in [4.69, 9.17) is 16.3 Å². The highest BCUT2D eigenvalue weighted by Gasteiger charge is 2.21. The van der Waals surface area contributed by atoms with Crippen LogP contribution in [-0.2, 0) is 0 Å². The Kier molecular flexibility index (Phi) is 3.98. The molecule has 1 aliphatic rings. The molecule has 0 aliphatic carbocycles. The van der Waals surface area contributed by atoms with E-state index in [1.807, 2.05) is 6.07 Å². The molecule has 0 bridgehead atoms. The van der Waals surface area contributed by atoms with Gasteiger partial charge >= 0.3 is 0 Å². The second-order valence-corrected chi connectivity index (χ2v) is 5.27. The number of rotatable bonds is 4. The van der Waals surface area contributed by atoms with Crippen molar-refractivity contribution < 1.29 is 9.13 Å². The van der Waals surface area contributed by atoms with Crippen molar-refractivity contribution in [1.82, 2.24) is 14.9 Å². The van der Waals surface area contributed by atoms with Crippen LogP contribution < -0.4 is 4.74 Å². The van der Waals surface area contributed by atoms with Gasteiger partial charge in [-0.3, -0.25) is 9.88 Å². The summed E-state index contributed by atoms with van der Waals surface area (Å²) in [5.41, 5.74) is 1.38. The van der Waals surface area contributed by atoms with Gasteiger partial charge in [0.05, 0.1) is 16.7 Å². The van der Waals surface area contributed by atoms with Crippen LogP contribution in [0.2, 0.25) is 5.02 Å². The Hall–Kier alpha value is -1.46. The summed E-state index contributed by atoms with van der Waals surface area (Å²) in [5.74, 6) is 0.656. The second kappa shape index (κ2) is 5.89. The maximum atomic E-state index is 13.0. The molecule has 20 heavy (non-hydrogen) atoms. The fraction of sp³-hybridized carbons (Fsp3) is 0.429. The zero-order valence-corrected chi connectivity index (χ0v) is 11.7. The van der Waals surface area contributed by atoms with E-state index in [2.05, 4.69) is 14.9 Å². The minimum Gasteiger partial charge on any atom is -0.491 e. The minimum atomic E-state index is -0.691. The van der Waals surface area contributed by atoms with Gasteiger partial charge in [0.25, 0.3) is 0 Å². The highest BCUT2D eigenvalue weighted by Crippen LogP contribution is 2.22. The van der Waals surface area contributed by atoms with Gasteiger partial charge in [0.1, 0.15) is 24.0 Å². The highest BCUT2D eigenvalue weighted by atomic mass is 35.5. The minimum absolute atomic E-state index is 0.510. The lowest BCUT2D eigenvalue weighted by Crippen LogP contribution is -2.26. The molecule has 106 valence electrons. The first kappa shape index (κ1) is 13.5. The van der Waals surface area contributed by atoms with Crippen molar-refractivity contribution in [2.75, 3.05) is 26.2 Å². The van der Waals surface area contributed by atoms with Crippen LogP contribution in [0.1, 0.15) is 6.42 Å². The van der Waals surface area contributed by atoms with Crippen molar-refractivity contribution in [3.8, 4) is 5.75 Å². The van der Waals surface area contributed by atoms with Gasteiger partial charge in [0.15, 0.2) is 0 Å². The summed E-state index contributed by atoms with van der Waals surface area (Å²) in [6, 6.07) is 3.52. The average Bonchev–Trinajstić information content (AvgIpc) is 2.85. The monoisotopic (exact) mass is 295 g/mol. The van der Waals surface area contributed by atoms with Crippen molar-refractivity contribution >= 4 is 22.6 Å². The first-order chi connectivity index (χ1) is 9.72. The molecular weight excluding hydrogens is 281 g/mol. The quantitative estimate of drug-likeness (QED) is 0.869. The van der Waals surface area contributed by atoms with Gasteiger partial charge in [0.2, 0.25) is 0 Å². The molecule has 0 unspecified atom stereocenters. The Bertz CT molecular complexity index is 610.